The lowest BCUT2D eigenvalue weighted by Crippen LogP contribution is -2.42. The molecule has 1 aliphatic heterocycles. The normalized spacial score (nSPS) is 20.0. The molecule has 0 bridgehead atoms. The van der Waals surface area contributed by atoms with Crippen LogP contribution in [0.4, 0.5) is 8.78 Å². The molecule has 3 rings (SSSR count). The Morgan fingerprint density at radius 2 is 2.00 bits per heavy atom. The minimum atomic E-state index is -0.486. The third-order valence-corrected chi connectivity index (χ3v) is 5.17. The van der Waals surface area contributed by atoms with E-state index in [4.69, 9.17) is 0 Å². The van der Waals surface area contributed by atoms with Crippen LogP contribution in [0.2, 0.25) is 0 Å². The third kappa shape index (κ3) is 3.48. The van der Waals surface area contributed by atoms with Crippen LogP contribution < -0.4 is 5.32 Å². The summed E-state index contributed by atoms with van der Waals surface area (Å²) in [5.41, 5.74) is 0.636. The summed E-state index contributed by atoms with van der Waals surface area (Å²) < 4.78 is 27.3. The molecule has 1 spiro atoms. The highest BCUT2D eigenvalue weighted by molar-refractivity contribution is 5.80. The molecule has 1 saturated heterocycles. The van der Waals surface area contributed by atoms with Crippen LogP contribution in [0.3, 0.4) is 0 Å². The van der Waals surface area contributed by atoms with Gasteiger partial charge in [0.25, 0.3) is 0 Å². The van der Waals surface area contributed by atoms with E-state index in [-0.39, 0.29) is 12.0 Å². The molecule has 0 atom stereocenters. The van der Waals surface area contributed by atoms with Crippen LogP contribution in [0.5, 0.6) is 0 Å². The van der Waals surface area contributed by atoms with Gasteiger partial charge in [-0.15, -0.1) is 0 Å². The van der Waals surface area contributed by atoms with Crippen molar-refractivity contribution in [3.8, 4) is 0 Å². The molecule has 0 aromatic heterocycles. The Hall–Kier alpha value is -1.65. The Balaban J connectivity index is 1.63. The fraction of sp³-hybridized carbons (Fsp3) is 0.611. The van der Waals surface area contributed by atoms with Gasteiger partial charge in [0.1, 0.15) is 11.6 Å². The van der Waals surface area contributed by atoms with Crippen molar-refractivity contribution >= 4 is 5.96 Å². The molecule has 1 saturated carbocycles. The van der Waals surface area contributed by atoms with Gasteiger partial charge in [-0.3, -0.25) is 4.99 Å². The maximum absolute atomic E-state index is 13.7. The number of guanidine groups is 1. The number of aliphatic imine (C=N–C) groups is 1. The first kappa shape index (κ1) is 16.2. The Morgan fingerprint density at radius 3 is 2.57 bits per heavy atom. The smallest absolute Gasteiger partial charge is 0.193 e. The van der Waals surface area contributed by atoms with Crippen LogP contribution in [-0.2, 0) is 6.42 Å². The van der Waals surface area contributed by atoms with Crippen LogP contribution in [0.1, 0.15) is 38.2 Å². The highest BCUT2D eigenvalue weighted by Gasteiger charge is 2.43. The molecule has 1 aromatic carbocycles. The van der Waals surface area contributed by atoms with Gasteiger partial charge in [0.2, 0.25) is 0 Å². The van der Waals surface area contributed by atoms with E-state index in [0.717, 1.165) is 25.6 Å². The summed E-state index contributed by atoms with van der Waals surface area (Å²) in [7, 11) is 0. The van der Waals surface area contributed by atoms with Crippen molar-refractivity contribution in [2.24, 2.45) is 10.4 Å². The zero-order valence-corrected chi connectivity index (χ0v) is 13.7. The van der Waals surface area contributed by atoms with E-state index < -0.39 is 11.6 Å². The molecule has 2 fully saturated rings. The fourth-order valence-electron chi connectivity index (χ4n) is 3.67. The summed E-state index contributed by atoms with van der Waals surface area (Å²) in [6.07, 6.45) is 5.51. The summed E-state index contributed by atoms with van der Waals surface area (Å²) in [5.74, 6) is -0.0902. The van der Waals surface area contributed by atoms with Crippen molar-refractivity contribution in [3.63, 3.8) is 0 Å². The van der Waals surface area contributed by atoms with E-state index in [1.165, 1.54) is 43.9 Å². The second-order valence-corrected chi connectivity index (χ2v) is 6.71. The van der Waals surface area contributed by atoms with Crippen molar-refractivity contribution in [1.82, 2.24) is 10.2 Å². The number of nitrogens with one attached hydrogen (secondary N) is 1. The van der Waals surface area contributed by atoms with Gasteiger partial charge in [-0.2, -0.15) is 0 Å². The topological polar surface area (TPSA) is 27.6 Å². The van der Waals surface area contributed by atoms with E-state index in [9.17, 15) is 8.78 Å². The predicted molar refractivity (Wildman–Crippen MR) is 88.5 cm³/mol. The summed E-state index contributed by atoms with van der Waals surface area (Å²) in [4.78, 5) is 6.90. The quantitative estimate of drug-likeness (QED) is 0.680. The standard InChI is InChI=1S/C18H25F2N3/c1-2-21-17(23-12-10-18(13-23)8-4-9-18)22-11-7-14-15(19)5-3-6-16(14)20/h3,5-6H,2,4,7-13H2,1H3,(H,21,22). The molecule has 0 amide bonds. The van der Waals surface area contributed by atoms with Gasteiger partial charge in [0.15, 0.2) is 5.96 Å². The Morgan fingerprint density at radius 1 is 1.26 bits per heavy atom. The zero-order chi connectivity index (χ0) is 16.3. The van der Waals surface area contributed by atoms with Crippen LogP contribution in [0, 0.1) is 17.0 Å². The molecular weight excluding hydrogens is 296 g/mol. The highest BCUT2D eigenvalue weighted by atomic mass is 19.1. The fourth-order valence-corrected chi connectivity index (χ4v) is 3.67. The van der Waals surface area contributed by atoms with E-state index in [0.29, 0.717) is 12.0 Å². The molecule has 2 aliphatic rings. The van der Waals surface area contributed by atoms with Gasteiger partial charge in [-0.1, -0.05) is 12.5 Å². The monoisotopic (exact) mass is 321 g/mol. The number of rotatable bonds is 4. The van der Waals surface area contributed by atoms with E-state index in [2.05, 4.69) is 15.2 Å². The predicted octanol–water partition coefficient (Wildman–Crippen LogP) is 3.35. The van der Waals surface area contributed by atoms with Gasteiger partial charge in [0.05, 0.1) is 0 Å². The number of nitrogens with zero attached hydrogens (tertiary/aromatic N) is 2. The molecule has 0 unspecified atom stereocenters. The lowest BCUT2D eigenvalue weighted by Gasteiger charge is -2.38. The van der Waals surface area contributed by atoms with Crippen LogP contribution in [-0.4, -0.2) is 37.0 Å². The minimum absolute atomic E-state index is 0.129. The van der Waals surface area contributed by atoms with E-state index in [1.807, 2.05) is 6.92 Å². The van der Waals surface area contributed by atoms with Crippen molar-refractivity contribution in [2.75, 3.05) is 26.2 Å². The van der Waals surface area contributed by atoms with Gasteiger partial charge in [-0.25, -0.2) is 8.78 Å². The molecular formula is C18H25F2N3. The molecule has 1 aromatic rings. The summed E-state index contributed by atoms with van der Waals surface area (Å²) >= 11 is 0. The van der Waals surface area contributed by atoms with Gasteiger partial charge < -0.3 is 10.2 Å². The molecule has 126 valence electrons. The van der Waals surface area contributed by atoms with Crippen molar-refractivity contribution in [2.45, 2.75) is 39.0 Å². The van der Waals surface area contributed by atoms with E-state index in [1.54, 1.807) is 0 Å². The molecule has 5 heteroatoms. The molecule has 23 heavy (non-hydrogen) atoms. The average Bonchev–Trinajstić information content (AvgIpc) is 2.95. The summed E-state index contributed by atoms with van der Waals surface area (Å²) in [5, 5.41) is 3.31. The lowest BCUT2D eigenvalue weighted by atomic mass is 9.68. The first-order chi connectivity index (χ1) is 11.1. The lowest BCUT2D eigenvalue weighted by molar-refractivity contribution is 0.151. The van der Waals surface area contributed by atoms with Gasteiger partial charge in [-0.05, 0) is 50.2 Å². The van der Waals surface area contributed by atoms with Crippen LogP contribution in [0.25, 0.3) is 0 Å². The Bertz CT molecular complexity index is 561. The number of benzene rings is 1. The average molecular weight is 321 g/mol. The number of halogens is 2. The van der Waals surface area contributed by atoms with Crippen molar-refractivity contribution in [1.29, 1.82) is 0 Å². The van der Waals surface area contributed by atoms with Crippen LogP contribution >= 0.6 is 0 Å². The maximum atomic E-state index is 13.7. The van der Waals surface area contributed by atoms with Gasteiger partial charge >= 0.3 is 0 Å². The molecule has 1 N–H and O–H groups in total. The maximum Gasteiger partial charge on any atom is 0.193 e. The highest BCUT2D eigenvalue weighted by Crippen LogP contribution is 2.47. The summed E-state index contributed by atoms with van der Waals surface area (Å²) in [6.45, 7) is 5.33. The second kappa shape index (κ2) is 6.85. The SMILES string of the molecule is CCNC(=NCCc1c(F)cccc1F)N1CCC2(CCC2)C1. The second-order valence-electron chi connectivity index (χ2n) is 6.71. The molecule has 1 aliphatic carbocycles. The van der Waals surface area contributed by atoms with E-state index >= 15 is 0 Å². The Kier molecular flexibility index (Phi) is 4.83. The third-order valence-electron chi connectivity index (χ3n) is 5.17. The molecule has 3 nitrogen and oxygen atoms in total. The Labute approximate surface area is 136 Å². The van der Waals surface area contributed by atoms with Crippen LogP contribution in [0.15, 0.2) is 23.2 Å². The summed E-state index contributed by atoms with van der Waals surface area (Å²) in [6, 6.07) is 3.99. The van der Waals surface area contributed by atoms with Crippen molar-refractivity contribution in [3.05, 3.63) is 35.4 Å². The first-order valence-corrected chi connectivity index (χ1v) is 8.60. The number of hydrogen-bond acceptors (Lipinski definition) is 1. The number of hydrogen-bond donors (Lipinski definition) is 1. The molecule has 0 radical (unpaired) electrons. The first-order valence-electron chi connectivity index (χ1n) is 8.60. The minimum Gasteiger partial charge on any atom is -0.357 e. The van der Waals surface area contributed by atoms with Crippen molar-refractivity contribution < 1.29 is 8.78 Å². The zero-order valence-electron chi connectivity index (χ0n) is 13.7. The largest absolute Gasteiger partial charge is 0.357 e. The molecule has 1 heterocycles. The van der Waals surface area contributed by atoms with Gasteiger partial charge in [0, 0.05) is 31.7 Å². The number of likely N-dealkylation sites (tertiary alicyclic amines) is 1.